The third-order valence-corrected chi connectivity index (χ3v) is 2.98. The second kappa shape index (κ2) is 4.80. The summed E-state index contributed by atoms with van der Waals surface area (Å²) >= 11 is 0. The van der Waals surface area contributed by atoms with Crippen LogP contribution in [-0.4, -0.2) is 7.05 Å². The molecule has 2 aromatic carbocycles. The van der Waals surface area contributed by atoms with Gasteiger partial charge in [-0.25, -0.2) is 0 Å². The fourth-order valence-electron chi connectivity index (χ4n) is 1.98. The van der Waals surface area contributed by atoms with Gasteiger partial charge in [-0.3, -0.25) is 0 Å². The Morgan fingerprint density at radius 1 is 1.11 bits per heavy atom. The van der Waals surface area contributed by atoms with E-state index in [0.29, 0.717) is 5.56 Å². The Hall–Kier alpha value is -2.47. The minimum Gasteiger partial charge on any atom is -0.399 e. The van der Waals surface area contributed by atoms with Gasteiger partial charge in [0.2, 0.25) is 0 Å². The maximum atomic E-state index is 9.14. The van der Waals surface area contributed by atoms with Crippen LogP contribution in [0.5, 0.6) is 0 Å². The molecule has 0 amide bonds. The lowest BCUT2D eigenvalue weighted by Gasteiger charge is -2.23. The van der Waals surface area contributed by atoms with Crippen molar-refractivity contribution < 1.29 is 0 Å². The minimum absolute atomic E-state index is 0.654. The van der Waals surface area contributed by atoms with Gasteiger partial charge >= 0.3 is 0 Å². The number of benzene rings is 2. The number of anilines is 3. The maximum Gasteiger partial charge on any atom is 0.101 e. The first-order chi connectivity index (χ1) is 8.63. The second-order valence-electron chi connectivity index (χ2n) is 4.23. The molecule has 0 saturated carbocycles. The lowest BCUT2D eigenvalue weighted by molar-refractivity contribution is 1.18. The van der Waals surface area contributed by atoms with Crippen molar-refractivity contribution in [1.29, 1.82) is 5.26 Å². The normalized spacial score (nSPS) is 9.83. The first kappa shape index (κ1) is 12.0. The molecule has 0 bridgehead atoms. The first-order valence-corrected chi connectivity index (χ1v) is 5.72. The molecule has 0 saturated heterocycles. The number of para-hydroxylation sites is 1. The van der Waals surface area contributed by atoms with Crippen LogP contribution >= 0.6 is 0 Å². The van der Waals surface area contributed by atoms with Gasteiger partial charge in [0.05, 0.1) is 11.3 Å². The van der Waals surface area contributed by atoms with E-state index in [1.807, 2.05) is 61.3 Å². The van der Waals surface area contributed by atoms with E-state index < -0.39 is 0 Å². The number of nitriles is 1. The van der Waals surface area contributed by atoms with Crippen LogP contribution in [0.15, 0.2) is 42.5 Å². The van der Waals surface area contributed by atoms with Crippen LogP contribution in [0.2, 0.25) is 0 Å². The SMILES string of the molecule is Cc1ccc(N)cc1N(C)c1ccccc1C#N. The zero-order valence-electron chi connectivity index (χ0n) is 10.5. The molecule has 0 atom stereocenters. The predicted octanol–water partition coefficient (Wildman–Crippen LogP) is 3.22. The highest BCUT2D eigenvalue weighted by Crippen LogP contribution is 2.30. The molecule has 18 heavy (non-hydrogen) atoms. The molecule has 0 aliphatic carbocycles. The monoisotopic (exact) mass is 237 g/mol. The number of nitrogens with zero attached hydrogens (tertiary/aromatic N) is 2. The van der Waals surface area contributed by atoms with Crippen LogP contribution in [0.4, 0.5) is 17.1 Å². The summed E-state index contributed by atoms with van der Waals surface area (Å²) in [6.45, 7) is 2.03. The molecular formula is C15H15N3. The summed E-state index contributed by atoms with van der Waals surface area (Å²) in [7, 11) is 1.94. The van der Waals surface area contributed by atoms with Crippen molar-refractivity contribution in [2.75, 3.05) is 17.7 Å². The maximum absolute atomic E-state index is 9.14. The molecule has 3 nitrogen and oxygen atoms in total. The molecule has 0 aromatic heterocycles. The zero-order chi connectivity index (χ0) is 13.1. The summed E-state index contributed by atoms with van der Waals surface area (Å²) in [5.74, 6) is 0. The molecule has 0 aliphatic heterocycles. The fourth-order valence-corrected chi connectivity index (χ4v) is 1.98. The van der Waals surface area contributed by atoms with Gasteiger partial charge in [-0.15, -0.1) is 0 Å². The molecule has 0 radical (unpaired) electrons. The topological polar surface area (TPSA) is 53.0 Å². The summed E-state index contributed by atoms with van der Waals surface area (Å²) in [5.41, 5.74) is 10.2. The molecule has 0 heterocycles. The highest BCUT2D eigenvalue weighted by atomic mass is 15.1. The molecule has 2 aromatic rings. The Morgan fingerprint density at radius 2 is 1.83 bits per heavy atom. The van der Waals surface area contributed by atoms with E-state index in [1.165, 1.54) is 0 Å². The van der Waals surface area contributed by atoms with Crippen molar-refractivity contribution in [3.05, 3.63) is 53.6 Å². The average Bonchev–Trinajstić information content (AvgIpc) is 2.40. The Labute approximate surface area is 107 Å². The van der Waals surface area contributed by atoms with Crippen LogP contribution in [0, 0.1) is 18.3 Å². The van der Waals surface area contributed by atoms with Gasteiger partial charge in [0.15, 0.2) is 0 Å². The van der Waals surface area contributed by atoms with E-state index in [4.69, 9.17) is 11.0 Å². The van der Waals surface area contributed by atoms with Crippen LogP contribution in [0.3, 0.4) is 0 Å². The third kappa shape index (κ3) is 2.14. The van der Waals surface area contributed by atoms with E-state index in [2.05, 4.69) is 6.07 Å². The van der Waals surface area contributed by atoms with Crippen LogP contribution in [0.25, 0.3) is 0 Å². The van der Waals surface area contributed by atoms with Gasteiger partial charge in [-0.1, -0.05) is 18.2 Å². The largest absolute Gasteiger partial charge is 0.399 e. The fraction of sp³-hybridized carbons (Fsp3) is 0.133. The Kier molecular flexibility index (Phi) is 3.20. The summed E-state index contributed by atoms with van der Waals surface area (Å²) in [6.07, 6.45) is 0. The van der Waals surface area contributed by atoms with Crippen LogP contribution in [-0.2, 0) is 0 Å². The van der Waals surface area contributed by atoms with Crippen LogP contribution < -0.4 is 10.6 Å². The van der Waals surface area contributed by atoms with Gasteiger partial charge in [0.25, 0.3) is 0 Å². The van der Waals surface area contributed by atoms with Crippen LogP contribution in [0.1, 0.15) is 11.1 Å². The van der Waals surface area contributed by atoms with E-state index >= 15 is 0 Å². The number of nitrogen functional groups attached to an aromatic ring is 1. The molecule has 2 N–H and O–H groups in total. The highest BCUT2D eigenvalue weighted by molar-refractivity contribution is 5.72. The number of nitrogens with two attached hydrogens (primary N) is 1. The predicted molar refractivity (Wildman–Crippen MR) is 74.8 cm³/mol. The number of rotatable bonds is 2. The van der Waals surface area contributed by atoms with Crippen molar-refractivity contribution in [3.63, 3.8) is 0 Å². The zero-order valence-corrected chi connectivity index (χ0v) is 10.5. The smallest absolute Gasteiger partial charge is 0.101 e. The van der Waals surface area contributed by atoms with Gasteiger partial charge in [-0.05, 0) is 36.8 Å². The summed E-state index contributed by atoms with van der Waals surface area (Å²) in [6, 6.07) is 15.5. The first-order valence-electron chi connectivity index (χ1n) is 5.72. The molecule has 0 spiro atoms. The van der Waals surface area contributed by atoms with Gasteiger partial charge in [0.1, 0.15) is 6.07 Å². The van der Waals surface area contributed by atoms with Crippen molar-refractivity contribution in [2.24, 2.45) is 0 Å². The molecule has 0 aliphatic rings. The van der Waals surface area contributed by atoms with Crippen molar-refractivity contribution in [1.82, 2.24) is 0 Å². The van der Waals surface area contributed by atoms with Gasteiger partial charge < -0.3 is 10.6 Å². The average molecular weight is 237 g/mol. The number of hydrogen-bond donors (Lipinski definition) is 1. The van der Waals surface area contributed by atoms with E-state index in [0.717, 1.165) is 22.6 Å². The molecule has 0 fully saturated rings. The number of aryl methyl sites for hydroxylation is 1. The highest BCUT2D eigenvalue weighted by Gasteiger charge is 2.10. The quantitative estimate of drug-likeness (QED) is 0.816. The van der Waals surface area contributed by atoms with Gasteiger partial charge in [-0.2, -0.15) is 5.26 Å². The molecule has 3 heteroatoms. The molecule has 0 unspecified atom stereocenters. The van der Waals surface area contributed by atoms with E-state index in [-0.39, 0.29) is 0 Å². The summed E-state index contributed by atoms with van der Waals surface area (Å²) in [5, 5.41) is 9.14. The Bertz CT molecular complexity index is 611. The van der Waals surface area contributed by atoms with Crippen molar-refractivity contribution in [3.8, 4) is 6.07 Å². The van der Waals surface area contributed by atoms with E-state index in [9.17, 15) is 0 Å². The van der Waals surface area contributed by atoms with E-state index in [1.54, 1.807) is 0 Å². The lowest BCUT2D eigenvalue weighted by atomic mass is 10.1. The second-order valence-corrected chi connectivity index (χ2v) is 4.23. The standard InChI is InChI=1S/C15H15N3/c1-11-7-8-13(17)9-15(11)18(2)14-6-4-3-5-12(14)10-16/h3-9H,17H2,1-2H3. The molecule has 2 rings (SSSR count). The molecular weight excluding hydrogens is 222 g/mol. The number of hydrogen-bond acceptors (Lipinski definition) is 3. The Balaban J connectivity index is 2.51. The van der Waals surface area contributed by atoms with Crippen molar-refractivity contribution in [2.45, 2.75) is 6.92 Å². The van der Waals surface area contributed by atoms with Crippen molar-refractivity contribution >= 4 is 17.1 Å². The summed E-state index contributed by atoms with van der Waals surface area (Å²) < 4.78 is 0. The minimum atomic E-state index is 0.654. The molecule has 90 valence electrons. The summed E-state index contributed by atoms with van der Waals surface area (Å²) in [4.78, 5) is 1.99. The lowest BCUT2D eigenvalue weighted by Crippen LogP contribution is -2.12. The van der Waals surface area contributed by atoms with Gasteiger partial charge in [0, 0.05) is 18.4 Å². The third-order valence-electron chi connectivity index (χ3n) is 2.98. The Morgan fingerprint density at radius 3 is 2.56 bits per heavy atom.